The third-order valence-corrected chi connectivity index (χ3v) is 3.14. The van der Waals surface area contributed by atoms with E-state index in [4.69, 9.17) is 11.6 Å². The standard InChI is InChI=1S/C15H20ClFN2O2/c1-10(2)8-15(21)18-6-7-19(11(3)20)12-4-5-14(17)13(16)9-12/h4-5,9-10H,6-8H2,1-3H3,(H,18,21). The molecule has 1 N–H and O–H groups in total. The van der Waals surface area contributed by atoms with Gasteiger partial charge in [0, 0.05) is 32.1 Å². The summed E-state index contributed by atoms with van der Waals surface area (Å²) in [7, 11) is 0. The highest BCUT2D eigenvalue weighted by atomic mass is 35.5. The van der Waals surface area contributed by atoms with E-state index in [9.17, 15) is 14.0 Å². The van der Waals surface area contributed by atoms with Crippen LogP contribution >= 0.6 is 11.6 Å². The monoisotopic (exact) mass is 314 g/mol. The molecular formula is C15H20ClFN2O2. The molecule has 2 amide bonds. The van der Waals surface area contributed by atoms with E-state index < -0.39 is 5.82 Å². The lowest BCUT2D eigenvalue weighted by Gasteiger charge is -2.22. The van der Waals surface area contributed by atoms with Crippen LogP contribution in [0.15, 0.2) is 18.2 Å². The Balaban J connectivity index is 2.64. The minimum Gasteiger partial charge on any atom is -0.354 e. The van der Waals surface area contributed by atoms with Gasteiger partial charge in [0.1, 0.15) is 5.82 Å². The number of anilines is 1. The van der Waals surface area contributed by atoms with Gasteiger partial charge >= 0.3 is 0 Å². The Morgan fingerprint density at radius 1 is 1.38 bits per heavy atom. The van der Waals surface area contributed by atoms with Crippen molar-refractivity contribution in [1.29, 1.82) is 0 Å². The quantitative estimate of drug-likeness (QED) is 0.877. The minimum atomic E-state index is -0.533. The molecule has 21 heavy (non-hydrogen) atoms. The second-order valence-corrected chi connectivity index (χ2v) is 5.62. The number of carbonyl (C=O) groups is 2. The van der Waals surface area contributed by atoms with Crippen LogP contribution in [-0.4, -0.2) is 24.9 Å². The van der Waals surface area contributed by atoms with Gasteiger partial charge in [0.15, 0.2) is 0 Å². The van der Waals surface area contributed by atoms with E-state index in [2.05, 4.69) is 5.32 Å². The van der Waals surface area contributed by atoms with E-state index in [1.165, 1.54) is 30.0 Å². The van der Waals surface area contributed by atoms with E-state index in [1.807, 2.05) is 13.8 Å². The van der Waals surface area contributed by atoms with Gasteiger partial charge in [-0.3, -0.25) is 9.59 Å². The summed E-state index contributed by atoms with van der Waals surface area (Å²) in [5, 5.41) is 2.72. The van der Waals surface area contributed by atoms with Crippen molar-refractivity contribution in [3.05, 3.63) is 29.0 Å². The van der Waals surface area contributed by atoms with Crippen molar-refractivity contribution in [2.45, 2.75) is 27.2 Å². The summed E-state index contributed by atoms with van der Waals surface area (Å²) in [6.45, 7) is 5.97. The highest BCUT2D eigenvalue weighted by Crippen LogP contribution is 2.22. The van der Waals surface area contributed by atoms with Gasteiger partial charge in [-0.15, -0.1) is 0 Å². The number of hydrogen-bond donors (Lipinski definition) is 1. The van der Waals surface area contributed by atoms with Crippen LogP contribution < -0.4 is 10.2 Å². The number of nitrogens with one attached hydrogen (secondary N) is 1. The maximum Gasteiger partial charge on any atom is 0.223 e. The second kappa shape index (κ2) is 7.98. The zero-order valence-corrected chi connectivity index (χ0v) is 13.2. The van der Waals surface area contributed by atoms with Crippen molar-refractivity contribution in [3.63, 3.8) is 0 Å². The summed E-state index contributed by atoms with van der Waals surface area (Å²) in [4.78, 5) is 24.7. The van der Waals surface area contributed by atoms with Gasteiger partial charge in [0.05, 0.1) is 5.02 Å². The molecule has 0 aliphatic carbocycles. The van der Waals surface area contributed by atoms with E-state index >= 15 is 0 Å². The van der Waals surface area contributed by atoms with Gasteiger partial charge in [-0.2, -0.15) is 0 Å². The normalized spacial score (nSPS) is 10.6. The van der Waals surface area contributed by atoms with E-state index in [1.54, 1.807) is 0 Å². The molecule has 4 nitrogen and oxygen atoms in total. The number of rotatable bonds is 6. The third kappa shape index (κ3) is 5.71. The fourth-order valence-corrected chi connectivity index (χ4v) is 2.05. The SMILES string of the molecule is CC(=O)N(CCNC(=O)CC(C)C)c1ccc(F)c(Cl)c1. The Hall–Kier alpha value is -1.62. The molecule has 0 radical (unpaired) electrons. The summed E-state index contributed by atoms with van der Waals surface area (Å²) >= 11 is 5.72. The Bertz CT molecular complexity index is 520. The van der Waals surface area contributed by atoms with Crippen LogP contribution in [-0.2, 0) is 9.59 Å². The molecule has 6 heteroatoms. The Labute approximate surface area is 129 Å². The summed E-state index contributed by atoms with van der Waals surface area (Å²) < 4.78 is 13.2. The maximum absolute atomic E-state index is 13.2. The first kappa shape index (κ1) is 17.4. The fraction of sp³-hybridized carbons (Fsp3) is 0.467. The lowest BCUT2D eigenvalue weighted by atomic mass is 10.1. The zero-order valence-electron chi connectivity index (χ0n) is 12.5. The number of nitrogens with zero attached hydrogens (tertiary/aromatic N) is 1. The molecule has 0 aliphatic rings. The average molecular weight is 315 g/mol. The number of carbonyl (C=O) groups excluding carboxylic acids is 2. The molecule has 0 unspecified atom stereocenters. The topological polar surface area (TPSA) is 49.4 Å². The molecule has 0 aromatic heterocycles. The Morgan fingerprint density at radius 2 is 2.05 bits per heavy atom. The summed E-state index contributed by atoms with van der Waals surface area (Å²) in [6, 6.07) is 4.09. The Kier molecular flexibility index (Phi) is 6.62. The molecule has 0 fully saturated rings. The van der Waals surface area contributed by atoms with Gasteiger partial charge in [-0.1, -0.05) is 25.4 Å². The van der Waals surface area contributed by atoms with Crippen LogP contribution in [0.25, 0.3) is 0 Å². The van der Waals surface area contributed by atoms with Crippen LogP contribution in [0.4, 0.5) is 10.1 Å². The van der Waals surface area contributed by atoms with Crippen LogP contribution in [0.2, 0.25) is 5.02 Å². The van der Waals surface area contributed by atoms with Crippen molar-refractivity contribution in [3.8, 4) is 0 Å². The molecule has 0 atom stereocenters. The lowest BCUT2D eigenvalue weighted by molar-refractivity contribution is -0.122. The minimum absolute atomic E-state index is 0.0393. The fourth-order valence-electron chi connectivity index (χ4n) is 1.87. The van der Waals surface area contributed by atoms with Crippen LogP contribution in [0.1, 0.15) is 27.2 Å². The van der Waals surface area contributed by atoms with E-state index in [0.717, 1.165) is 0 Å². The maximum atomic E-state index is 13.2. The molecule has 0 saturated carbocycles. The molecule has 0 saturated heterocycles. The van der Waals surface area contributed by atoms with Gasteiger partial charge in [0.2, 0.25) is 11.8 Å². The van der Waals surface area contributed by atoms with Crippen molar-refractivity contribution < 1.29 is 14.0 Å². The average Bonchev–Trinajstić information content (AvgIpc) is 2.37. The summed E-state index contributed by atoms with van der Waals surface area (Å²) in [5.41, 5.74) is 0.506. The molecule has 1 rings (SSSR count). The van der Waals surface area contributed by atoms with Crippen molar-refractivity contribution in [2.75, 3.05) is 18.0 Å². The molecule has 116 valence electrons. The number of benzene rings is 1. The van der Waals surface area contributed by atoms with Crippen LogP contribution in [0, 0.1) is 11.7 Å². The predicted molar refractivity (Wildman–Crippen MR) is 81.9 cm³/mol. The van der Waals surface area contributed by atoms with Crippen molar-refractivity contribution >= 4 is 29.1 Å². The van der Waals surface area contributed by atoms with Gasteiger partial charge < -0.3 is 10.2 Å². The highest BCUT2D eigenvalue weighted by molar-refractivity contribution is 6.31. The number of amides is 2. The first-order valence-corrected chi connectivity index (χ1v) is 7.19. The molecule has 0 spiro atoms. The highest BCUT2D eigenvalue weighted by Gasteiger charge is 2.13. The van der Waals surface area contributed by atoms with Gasteiger partial charge in [-0.25, -0.2) is 4.39 Å². The third-order valence-electron chi connectivity index (χ3n) is 2.85. The number of hydrogen-bond acceptors (Lipinski definition) is 2. The molecule has 0 bridgehead atoms. The molecular weight excluding hydrogens is 295 g/mol. The lowest BCUT2D eigenvalue weighted by Crippen LogP contribution is -2.37. The molecule has 1 aromatic rings. The Morgan fingerprint density at radius 3 is 2.57 bits per heavy atom. The summed E-state index contributed by atoms with van der Waals surface area (Å²) in [5.74, 6) is -0.500. The van der Waals surface area contributed by atoms with Gasteiger partial charge in [-0.05, 0) is 24.1 Å². The van der Waals surface area contributed by atoms with Crippen molar-refractivity contribution in [1.82, 2.24) is 5.32 Å². The zero-order chi connectivity index (χ0) is 16.0. The first-order valence-electron chi connectivity index (χ1n) is 6.81. The molecule has 0 aliphatic heterocycles. The smallest absolute Gasteiger partial charge is 0.223 e. The summed E-state index contributed by atoms with van der Waals surface area (Å²) in [6.07, 6.45) is 0.447. The van der Waals surface area contributed by atoms with Crippen molar-refractivity contribution in [2.24, 2.45) is 5.92 Å². The van der Waals surface area contributed by atoms with E-state index in [-0.39, 0.29) is 22.8 Å². The molecule has 1 aromatic carbocycles. The molecule has 0 heterocycles. The van der Waals surface area contributed by atoms with E-state index in [0.29, 0.717) is 25.2 Å². The number of halogens is 2. The second-order valence-electron chi connectivity index (χ2n) is 5.22. The first-order chi connectivity index (χ1) is 9.81. The predicted octanol–water partition coefficient (Wildman–Crippen LogP) is 2.99. The largest absolute Gasteiger partial charge is 0.354 e. The van der Waals surface area contributed by atoms with Gasteiger partial charge in [0.25, 0.3) is 0 Å². The van der Waals surface area contributed by atoms with Crippen LogP contribution in [0.3, 0.4) is 0 Å². The van der Waals surface area contributed by atoms with Crippen LogP contribution in [0.5, 0.6) is 0 Å².